The third-order valence-electron chi connectivity index (χ3n) is 6.42. The highest BCUT2D eigenvalue weighted by molar-refractivity contribution is 5.87. The molecule has 6 nitrogen and oxygen atoms in total. The van der Waals surface area contributed by atoms with Crippen molar-refractivity contribution in [3.05, 3.63) is 119 Å². The van der Waals surface area contributed by atoms with E-state index < -0.39 is 24.1 Å². The van der Waals surface area contributed by atoms with E-state index >= 15 is 0 Å². The predicted octanol–water partition coefficient (Wildman–Crippen LogP) is 5.88. The first-order chi connectivity index (χ1) is 16.5. The molecular weight excluding hydrogens is 432 g/mol. The fourth-order valence-electron chi connectivity index (χ4n) is 4.77. The lowest BCUT2D eigenvalue weighted by atomic mass is 9.70. The van der Waals surface area contributed by atoms with Crippen LogP contribution in [0.25, 0.3) is 0 Å². The molecule has 0 radical (unpaired) electrons. The third kappa shape index (κ3) is 3.92. The SMILES string of the molecule is Cc1ccccc1C1c2ccccc2C(C)C(OC(=O)c2ccco2)C1OC(=O)c1ccco1. The standard InChI is InChI=1S/C28H24O6/c1-17-9-3-4-10-19(17)24-21-12-6-5-11-20(21)18(2)25(33-27(29)22-13-7-15-31-22)26(24)34-28(30)23-14-8-16-32-23/h3-16,18,24-26H,1-2H3. The van der Waals surface area contributed by atoms with Crippen LogP contribution in [0, 0.1) is 6.92 Å². The van der Waals surface area contributed by atoms with Crippen molar-refractivity contribution < 1.29 is 27.9 Å². The van der Waals surface area contributed by atoms with E-state index in [1.54, 1.807) is 24.3 Å². The number of hydrogen-bond donors (Lipinski definition) is 0. The molecule has 1 aliphatic carbocycles. The molecule has 172 valence electrons. The first-order valence-corrected chi connectivity index (χ1v) is 11.2. The van der Waals surface area contributed by atoms with Gasteiger partial charge in [0.1, 0.15) is 6.10 Å². The molecule has 5 rings (SSSR count). The Morgan fingerprint density at radius 3 is 1.76 bits per heavy atom. The van der Waals surface area contributed by atoms with Gasteiger partial charge in [0.25, 0.3) is 0 Å². The van der Waals surface area contributed by atoms with E-state index in [4.69, 9.17) is 18.3 Å². The average molecular weight is 456 g/mol. The van der Waals surface area contributed by atoms with Crippen molar-refractivity contribution in [3.8, 4) is 0 Å². The lowest BCUT2D eigenvalue weighted by Crippen LogP contribution is -2.46. The summed E-state index contributed by atoms with van der Waals surface area (Å²) >= 11 is 0. The van der Waals surface area contributed by atoms with Crippen LogP contribution >= 0.6 is 0 Å². The van der Waals surface area contributed by atoms with Gasteiger partial charge in [-0.2, -0.15) is 0 Å². The fourth-order valence-corrected chi connectivity index (χ4v) is 4.77. The van der Waals surface area contributed by atoms with E-state index in [1.807, 2.05) is 62.4 Å². The van der Waals surface area contributed by atoms with Gasteiger partial charge in [-0.3, -0.25) is 0 Å². The first kappa shape index (κ1) is 21.8. The zero-order chi connectivity index (χ0) is 23.7. The Morgan fingerprint density at radius 1 is 0.676 bits per heavy atom. The van der Waals surface area contributed by atoms with E-state index in [-0.39, 0.29) is 23.4 Å². The number of esters is 2. The highest BCUT2D eigenvalue weighted by Crippen LogP contribution is 2.46. The van der Waals surface area contributed by atoms with Gasteiger partial charge in [-0.1, -0.05) is 55.5 Å². The van der Waals surface area contributed by atoms with Crippen LogP contribution < -0.4 is 0 Å². The van der Waals surface area contributed by atoms with Crippen molar-refractivity contribution in [2.45, 2.75) is 37.9 Å². The molecule has 0 bridgehead atoms. The Hall–Kier alpha value is -4.06. The molecule has 0 aliphatic heterocycles. The number of ether oxygens (including phenoxy) is 2. The highest BCUT2D eigenvalue weighted by Gasteiger charge is 2.47. The quantitative estimate of drug-likeness (QED) is 0.349. The van der Waals surface area contributed by atoms with Gasteiger partial charge in [0.05, 0.1) is 18.4 Å². The molecular formula is C28H24O6. The average Bonchev–Trinajstić information content (AvgIpc) is 3.57. The summed E-state index contributed by atoms with van der Waals surface area (Å²) in [5.74, 6) is -1.62. The maximum absolute atomic E-state index is 13.0. The molecule has 0 N–H and O–H groups in total. The van der Waals surface area contributed by atoms with E-state index in [0.29, 0.717) is 0 Å². The summed E-state index contributed by atoms with van der Waals surface area (Å²) < 4.78 is 22.6. The van der Waals surface area contributed by atoms with E-state index in [0.717, 1.165) is 22.3 Å². The largest absolute Gasteiger partial charge is 0.457 e. The van der Waals surface area contributed by atoms with Crippen LogP contribution in [-0.2, 0) is 9.47 Å². The van der Waals surface area contributed by atoms with Crippen LogP contribution in [0.5, 0.6) is 0 Å². The first-order valence-electron chi connectivity index (χ1n) is 11.2. The second kappa shape index (κ2) is 9.06. The van der Waals surface area contributed by atoms with Gasteiger partial charge >= 0.3 is 11.9 Å². The molecule has 0 amide bonds. The zero-order valence-electron chi connectivity index (χ0n) is 18.8. The highest BCUT2D eigenvalue weighted by atomic mass is 16.6. The van der Waals surface area contributed by atoms with Crippen LogP contribution in [0.2, 0.25) is 0 Å². The molecule has 0 fully saturated rings. The molecule has 2 aromatic carbocycles. The number of carbonyl (C=O) groups excluding carboxylic acids is 2. The minimum atomic E-state index is -0.789. The van der Waals surface area contributed by atoms with E-state index in [2.05, 4.69) is 0 Å². The Balaban J connectivity index is 1.63. The molecule has 2 heterocycles. The Kier molecular flexibility index (Phi) is 5.80. The van der Waals surface area contributed by atoms with Crippen molar-refractivity contribution in [2.24, 2.45) is 0 Å². The van der Waals surface area contributed by atoms with Crippen molar-refractivity contribution in [3.63, 3.8) is 0 Å². The second-order valence-corrected chi connectivity index (χ2v) is 8.45. The van der Waals surface area contributed by atoms with Crippen molar-refractivity contribution >= 4 is 11.9 Å². The van der Waals surface area contributed by atoms with Crippen LogP contribution in [0.15, 0.2) is 94.2 Å². The van der Waals surface area contributed by atoms with E-state index in [1.165, 1.54) is 12.5 Å². The lowest BCUT2D eigenvalue weighted by Gasteiger charge is -2.42. The van der Waals surface area contributed by atoms with Gasteiger partial charge in [0, 0.05) is 5.92 Å². The lowest BCUT2D eigenvalue weighted by molar-refractivity contribution is -0.0557. The Morgan fingerprint density at radius 2 is 1.21 bits per heavy atom. The summed E-state index contributed by atoms with van der Waals surface area (Å²) in [6.45, 7) is 3.99. The molecule has 2 aromatic heterocycles. The zero-order valence-corrected chi connectivity index (χ0v) is 18.8. The summed E-state index contributed by atoms with van der Waals surface area (Å²) in [7, 11) is 0. The minimum Gasteiger partial charge on any atom is -0.457 e. The van der Waals surface area contributed by atoms with Gasteiger partial charge in [0.2, 0.25) is 11.5 Å². The van der Waals surface area contributed by atoms with Crippen LogP contribution in [0.4, 0.5) is 0 Å². The molecule has 34 heavy (non-hydrogen) atoms. The monoisotopic (exact) mass is 456 g/mol. The number of hydrogen-bond acceptors (Lipinski definition) is 6. The molecule has 4 aromatic rings. The Bertz CT molecular complexity index is 1290. The summed E-state index contributed by atoms with van der Waals surface area (Å²) in [6, 6.07) is 22.3. The maximum Gasteiger partial charge on any atom is 0.374 e. The predicted molar refractivity (Wildman–Crippen MR) is 124 cm³/mol. The molecule has 4 unspecified atom stereocenters. The number of carbonyl (C=O) groups is 2. The number of benzene rings is 2. The van der Waals surface area contributed by atoms with Crippen molar-refractivity contribution in [1.29, 1.82) is 0 Å². The van der Waals surface area contributed by atoms with Crippen LogP contribution in [0.3, 0.4) is 0 Å². The topological polar surface area (TPSA) is 78.9 Å². The smallest absolute Gasteiger partial charge is 0.374 e. The van der Waals surface area contributed by atoms with E-state index in [9.17, 15) is 9.59 Å². The summed E-state index contributed by atoms with van der Waals surface area (Å²) in [5, 5.41) is 0. The number of aryl methyl sites for hydroxylation is 1. The van der Waals surface area contributed by atoms with Gasteiger partial charge in [-0.15, -0.1) is 0 Å². The van der Waals surface area contributed by atoms with Gasteiger partial charge in [-0.25, -0.2) is 9.59 Å². The molecule has 0 spiro atoms. The van der Waals surface area contributed by atoms with Gasteiger partial charge < -0.3 is 18.3 Å². The van der Waals surface area contributed by atoms with Crippen molar-refractivity contribution in [2.75, 3.05) is 0 Å². The third-order valence-corrected chi connectivity index (χ3v) is 6.42. The molecule has 1 aliphatic rings. The van der Waals surface area contributed by atoms with Gasteiger partial charge in [-0.05, 0) is 53.4 Å². The fraction of sp³-hybridized carbons (Fsp3) is 0.214. The van der Waals surface area contributed by atoms with Crippen LogP contribution in [0.1, 0.15) is 62.1 Å². The molecule has 6 heteroatoms. The summed E-state index contributed by atoms with van der Waals surface area (Å²) in [5.41, 5.74) is 4.12. The van der Waals surface area contributed by atoms with Gasteiger partial charge in [0.15, 0.2) is 6.10 Å². The molecule has 0 saturated heterocycles. The van der Waals surface area contributed by atoms with Crippen LogP contribution in [-0.4, -0.2) is 24.1 Å². The molecule has 4 atom stereocenters. The summed E-state index contributed by atoms with van der Waals surface area (Å²) in [4.78, 5) is 26.0. The Labute approximate surface area is 197 Å². The number of rotatable bonds is 5. The number of furan rings is 2. The normalized spacial score (nSPS) is 21.5. The molecule has 0 saturated carbocycles. The second-order valence-electron chi connectivity index (χ2n) is 8.45. The minimum absolute atomic E-state index is 0.0890. The van der Waals surface area contributed by atoms with Crippen molar-refractivity contribution in [1.82, 2.24) is 0 Å². The maximum atomic E-state index is 13.0. The summed E-state index contributed by atoms with van der Waals surface area (Å²) in [6.07, 6.45) is 1.29. The number of fused-ring (bicyclic) bond motifs is 1.